The van der Waals surface area contributed by atoms with Gasteiger partial charge in [-0.2, -0.15) is 0 Å². The monoisotopic (exact) mass is 895 g/mol. The summed E-state index contributed by atoms with van der Waals surface area (Å²) in [4.78, 5) is 0. The molecule has 3 aromatic rings. The molecule has 0 saturated heterocycles. The van der Waals surface area contributed by atoms with Crippen LogP contribution in [0, 0.1) is 5.92 Å². The maximum atomic E-state index is 14.0. The van der Waals surface area contributed by atoms with E-state index in [0.717, 1.165) is 55.4 Å². The first kappa shape index (κ1) is 41.8. The molecule has 0 spiro atoms. The summed E-state index contributed by atoms with van der Waals surface area (Å²) in [7, 11) is 17.1. The van der Waals surface area contributed by atoms with Crippen molar-refractivity contribution in [2.24, 2.45) is 5.92 Å². The SMILES string of the molecule is CCC1=Cc2c(-c3ccc(C(C(F)(F)F)(C(F)(F)F)C(F)(F)F)cc3)cccc2[CH]1[Zr]([Cl])([Cl])([CH]1C(C2CCCC2)=Cc2c(C(C)CC)cccc21)[SiH](C)C. The van der Waals surface area contributed by atoms with Gasteiger partial charge in [0.05, 0.1) is 0 Å². The molecular formula is C41H44Cl2F9SiZr. The summed E-state index contributed by atoms with van der Waals surface area (Å²) in [5.74, 6) is -1.27. The summed E-state index contributed by atoms with van der Waals surface area (Å²) in [6.45, 7) is 10.9. The van der Waals surface area contributed by atoms with E-state index in [9.17, 15) is 39.5 Å². The molecule has 1 saturated carbocycles. The van der Waals surface area contributed by atoms with Gasteiger partial charge in [0.2, 0.25) is 0 Å². The van der Waals surface area contributed by atoms with E-state index in [1.807, 2.05) is 19.1 Å². The second-order valence-corrected chi connectivity index (χ2v) is 58.2. The van der Waals surface area contributed by atoms with Crippen LogP contribution in [0.1, 0.15) is 106 Å². The van der Waals surface area contributed by atoms with E-state index in [-0.39, 0.29) is 24.9 Å². The molecule has 1 fully saturated rings. The molecule has 0 nitrogen and oxygen atoms in total. The van der Waals surface area contributed by atoms with Crippen LogP contribution in [0.2, 0.25) is 13.1 Å². The Morgan fingerprint density at radius 1 is 0.722 bits per heavy atom. The molecule has 0 heterocycles. The standard InChI is InChI=1S/C21H14F9.C18H23.C2H7Si.2ClH.Zr/c1-2-12-10-14-4-3-5-16(17(14)11-12)13-6-8-15(9-7-13)18(19(22,23)24,20(25,26)27)21(28,29)30;1-3-13(2)17-10-6-9-15-11-16(12-18(15)17)14-7-4-5-8-14;1-3-2;;;/h3-11H,2H2,1H3;6,9-14H,3-5,7-8H2,1-2H3;3H,1-2H3;2*1H;/q;;;;;+2/p-2. The zero-order valence-electron chi connectivity index (χ0n) is 30.7. The van der Waals surface area contributed by atoms with Crippen molar-refractivity contribution < 1.29 is 55.1 Å². The van der Waals surface area contributed by atoms with Gasteiger partial charge in [0, 0.05) is 0 Å². The van der Waals surface area contributed by atoms with Crippen LogP contribution in [0.5, 0.6) is 0 Å². The minimum atomic E-state index is -6.70. The van der Waals surface area contributed by atoms with Gasteiger partial charge < -0.3 is 0 Å². The number of benzene rings is 3. The minimum absolute atomic E-state index is 0.141. The van der Waals surface area contributed by atoms with Gasteiger partial charge in [-0.1, -0.05) is 0 Å². The quantitative estimate of drug-likeness (QED) is 0.148. The summed E-state index contributed by atoms with van der Waals surface area (Å²) in [6.07, 6.45) is -9.77. The Morgan fingerprint density at radius 3 is 1.76 bits per heavy atom. The normalized spacial score (nSPS) is 21.1. The molecule has 3 aliphatic rings. The van der Waals surface area contributed by atoms with Crippen LogP contribution >= 0.6 is 17.0 Å². The first-order valence-electron chi connectivity index (χ1n) is 18.6. The second-order valence-electron chi connectivity index (χ2n) is 15.7. The molecule has 0 amide bonds. The van der Waals surface area contributed by atoms with Crippen LogP contribution in [0.15, 0.2) is 71.8 Å². The Bertz CT molecular complexity index is 1930. The van der Waals surface area contributed by atoms with Crippen LogP contribution in [-0.4, -0.2) is 24.5 Å². The molecule has 3 atom stereocenters. The van der Waals surface area contributed by atoms with E-state index in [1.54, 1.807) is 12.1 Å². The molecule has 54 heavy (non-hydrogen) atoms. The third kappa shape index (κ3) is 6.18. The van der Waals surface area contributed by atoms with Crippen molar-refractivity contribution in [2.45, 2.75) is 110 Å². The number of hydrogen-bond acceptors (Lipinski definition) is 0. The average molecular weight is 898 g/mol. The van der Waals surface area contributed by atoms with E-state index in [0.29, 0.717) is 29.4 Å². The number of hydrogen-bond donors (Lipinski definition) is 0. The van der Waals surface area contributed by atoms with E-state index in [2.05, 4.69) is 51.2 Å². The predicted octanol–water partition coefficient (Wildman–Crippen LogP) is 14.9. The number of fused-ring (bicyclic) bond motifs is 2. The summed E-state index contributed by atoms with van der Waals surface area (Å²) < 4.78 is 125. The number of rotatable bonds is 9. The first-order chi connectivity index (χ1) is 25.1. The van der Waals surface area contributed by atoms with Crippen LogP contribution in [0.25, 0.3) is 23.3 Å². The predicted molar refractivity (Wildman–Crippen MR) is 201 cm³/mol. The Morgan fingerprint density at radius 2 is 1.26 bits per heavy atom. The van der Waals surface area contributed by atoms with Gasteiger partial charge in [-0.05, 0) is 0 Å². The second kappa shape index (κ2) is 14.2. The molecule has 0 radical (unpaired) electrons. The van der Waals surface area contributed by atoms with Crippen LogP contribution < -0.4 is 0 Å². The summed E-state index contributed by atoms with van der Waals surface area (Å²) >= 11 is -5.22. The van der Waals surface area contributed by atoms with E-state index in [4.69, 9.17) is 17.0 Å². The Labute approximate surface area is 320 Å². The van der Waals surface area contributed by atoms with Gasteiger partial charge in [-0.3, -0.25) is 0 Å². The van der Waals surface area contributed by atoms with Crippen molar-refractivity contribution in [3.05, 3.63) is 105 Å². The van der Waals surface area contributed by atoms with Gasteiger partial charge in [-0.15, -0.1) is 0 Å². The number of halogens is 11. The first-order valence-corrected chi connectivity index (χ1v) is 34.9. The van der Waals surface area contributed by atoms with Gasteiger partial charge in [0.25, 0.3) is 0 Å². The van der Waals surface area contributed by atoms with Crippen molar-refractivity contribution >= 4 is 35.1 Å². The van der Waals surface area contributed by atoms with Crippen molar-refractivity contribution in [3.8, 4) is 11.1 Å². The molecule has 293 valence electrons. The summed E-state index contributed by atoms with van der Waals surface area (Å²) in [5, 5.41) is 0. The topological polar surface area (TPSA) is 0 Å². The van der Waals surface area contributed by atoms with Gasteiger partial charge in [0.1, 0.15) is 0 Å². The van der Waals surface area contributed by atoms with Crippen LogP contribution in [-0.2, 0) is 21.0 Å². The molecular weight excluding hydrogens is 854 g/mol. The Balaban J connectivity index is 1.54. The van der Waals surface area contributed by atoms with Crippen molar-refractivity contribution in [1.82, 2.24) is 0 Å². The Kier molecular flexibility index (Phi) is 11.0. The fourth-order valence-electron chi connectivity index (χ4n) is 9.71. The molecule has 0 aromatic heterocycles. The van der Waals surface area contributed by atoms with Crippen molar-refractivity contribution in [2.75, 3.05) is 0 Å². The number of allylic oxidation sites excluding steroid dienone is 2. The third-order valence-electron chi connectivity index (χ3n) is 12.8. The van der Waals surface area contributed by atoms with E-state index in [1.165, 1.54) is 22.3 Å². The Hall–Kier alpha value is -1.81. The summed E-state index contributed by atoms with van der Waals surface area (Å²) in [5.41, 5.74) is 0.228. The fraction of sp³-hybridized carbons (Fsp3) is 0.463. The third-order valence-corrected chi connectivity index (χ3v) is 64.5. The molecule has 0 N–H and O–H groups in total. The maximum absolute atomic E-state index is 14.0. The molecule has 0 aliphatic heterocycles. The average Bonchev–Trinajstić information content (AvgIpc) is 3.84. The van der Waals surface area contributed by atoms with Crippen molar-refractivity contribution in [3.63, 3.8) is 0 Å². The van der Waals surface area contributed by atoms with Crippen molar-refractivity contribution in [1.29, 1.82) is 0 Å². The van der Waals surface area contributed by atoms with Gasteiger partial charge in [-0.25, -0.2) is 0 Å². The van der Waals surface area contributed by atoms with Crippen LogP contribution in [0.4, 0.5) is 39.5 Å². The number of alkyl halides is 9. The zero-order chi connectivity index (χ0) is 39.8. The fourth-order valence-corrected chi connectivity index (χ4v) is 41.1. The van der Waals surface area contributed by atoms with E-state index >= 15 is 0 Å². The zero-order valence-corrected chi connectivity index (χ0v) is 35.8. The summed E-state index contributed by atoms with van der Waals surface area (Å²) in [6, 6.07) is 14.3. The van der Waals surface area contributed by atoms with Gasteiger partial charge in [0.15, 0.2) is 0 Å². The molecule has 3 aliphatic carbocycles. The van der Waals surface area contributed by atoms with Crippen LogP contribution in [0.3, 0.4) is 0 Å². The molecule has 13 heteroatoms. The molecule has 0 bridgehead atoms. The van der Waals surface area contributed by atoms with E-state index < -0.39 is 51.0 Å². The molecule has 6 rings (SSSR count). The molecule has 3 unspecified atom stereocenters. The van der Waals surface area contributed by atoms with Gasteiger partial charge >= 0.3 is 322 Å². The molecule has 3 aromatic carbocycles.